The lowest BCUT2D eigenvalue weighted by Crippen LogP contribution is -2.35. The smallest absolute Gasteiger partial charge is 0.254 e. The Morgan fingerprint density at radius 3 is 2.88 bits per heavy atom. The fourth-order valence-corrected chi connectivity index (χ4v) is 2.06. The van der Waals surface area contributed by atoms with E-state index in [1.54, 1.807) is 7.11 Å². The summed E-state index contributed by atoms with van der Waals surface area (Å²) in [6.45, 7) is 1.25. The fraction of sp³-hybridized carbons (Fsp3) is 0.462. The van der Waals surface area contributed by atoms with Crippen molar-refractivity contribution < 1.29 is 9.53 Å². The molecule has 0 aliphatic heterocycles. The molecule has 1 aliphatic rings. The standard InChI is InChI=1S/C13H17NO2S/c1-16-8-7-14(11-5-6-11)13(15)10-3-2-4-12(17)9-10/h2-4,9,11,17H,5-8H2,1H3. The summed E-state index contributed by atoms with van der Waals surface area (Å²) in [6.07, 6.45) is 2.21. The van der Waals surface area contributed by atoms with Crippen molar-refractivity contribution in [1.29, 1.82) is 0 Å². The van der Waals surface area contributed by atoms with E-state index in [2.05, 4.69) is 12.6 Å². The first-order valence-corrected chi connectivity index (χ1v) is 6.26. The maximum Gasteiger partial charge on any atom is 0.254 e. The highest BCUT2D eigenvalue weighted by Crippen LogP contribution is 2.28. The molecule has 0 unspecified atom stereocenters. The second-order valence-electron chi connectivity index (χ2n) is 4.27. The van der Waals surface area contributed by atoms with Gasteiger partial charge in [0, 0.05) is 30.2 Å². The van der Waals surface area contributed by atoms with Gasteiger partial charge in [0.2, 0.25) is 0 Å². The molecule has 0 spiro atoms. The number of carbonyl (C=O) groups excluding carboxylic acids is 1. The normalized spacial score (nSPS) is 14.7. The Hall–Kier alpha value is -1.00. The number of amides is 1. The van der Waals surface area contributed by atoms with Crippen LogP contribution < -0.4 is 0 Å². The van der Waals surface area contributed by atoms with Gasteiger partial charge >= 0.3 is 0 Å². The zero-order valence-corrected chi connectivity index (χ0v) is 10.8. The molecule has 1 aromatic carbocycles. The van der Waals surface area contributed by atoms with Crippen molar-refractivity contribution in [3.05, 3.63) is 29.8 Å². The summed E-state index contributed by atoms with van der Waals surface area (Å²) in [5, 5.41) is 0. The Morgan fingerprint density at radius 2 is 2.29 bits per heavy atom. The topological polar surface area (TPSA) is 29.5 Å². The van der Waals surface area contributed by atoms with Gasteiger partial charge in [-0.15, -0.1) is 12.6 Å². The van der Waals surface area contributed by atoms with Crippen LogP contribution in [0, 0.1) is 0 Å². The molecular formula is C13H17NO2S. The van der Waals surface area contributed by atoms with Gasteiger partial charge in [-0.25, -0.2) is 0 Å². The van der Waals surface area contributed by atoms with Crippen LogP contribution >= 0.6 is 12.6 Å². The molecule has 17 heavy (non-hydrogen) atoms. The SMILES string of the molecule is COCCN(C(=O)c1cccc(S)c1)C1CC1. The molecule has 0 bridgehead atoms. The molecule has 0 radical (unpaired) electrons. The molecule has 0 aromatic heterocycles. The number of nitrogens with zero attached hydrogens (tertiary/aromatic N) is 1. The second-order valence-corrected chi connectivity index (χ2v) is 4.79. The van der Waals surface area contributed by atoms with Crippen LogP contribution in [0.5, 0.6) is 0 Å². The lowest BCUT2D eigenvalue weighted by Gasteiger charge is -2.22. The highest BCUT2D eigenvalue weighted by Gasteiger charge is 2.32. The average Bonchev–Trinajstić information content (AvgIpc) is 3.14. The predicted octanol–water partition coefficient (Wildman–Crippen LogP) is 2.23. The first-order chi connectivity index (χ1) is 8.22. The summed E-state index contributed by atoms with van der Waals surface area (Å²) in [6, 6.07) is 7.78. The minimum absolute atomic E-state index is 0.0838. The summed E-state index contributed by atoms with van der Waals surface area (Å²) in [7, 11) is 1.66. The molecule has 1 fully saturated rings. The van der Waals surface area contributed by atoms with E-state index in [-0.39, 0.29) is 5.91 Å². The number of methoxy groups -OCH3 is 1. The maximum absolute atomic E-state index is 12.3. The van der Waals surface area contributed by atoms with E-state index in [9.17, 15) is 4.79 Å². The Morgan fingerprint density at radius 1 is 1.53 bits per heavy atom. The van der Waals surface area contributed by atoms with Crippen LogP contribution in [-0.4, -0.2) is 37.1 Å². The Balaban J connectivity index is 2.10. The Kier molecular flexibility index (Phi) is 4.07. The molecule has 4 heteroatoms. The molecule has 1 saturated carbocycles. The van der Waals surface area contributed by atoms with Crippen molar-refractivity contribution in [2.75, 3.05) is 20.3 Å². The molecule has 1 amide bonds. The third kappa shape index (κ3) is 3.23. The summed E-state index contributed by atoms with van der Waals surface area (Å²) in [5.41, 5.74) is 0.709. The number of benzene rings is 1. The lowest BCUT2D eigenvalue weighted by atomic mass is 10.2. The van der Waals surface area contributed by atoms with Crippen molar-refractivity contribution in [3.63, 3.8) is 0 Å². The van der Waals surface area contributed by atoms with E-state index in [0.29, 0.717) is 24.8 Å². The van der Waals surface area contributed by atoms with Gasteiger partial charge in [-0.2, -0.15) is 0 Å². The van der Waals surface area contributed by atoms with E-state index >= 15 is 0 Å². The van der Waals surface area contributed by atoms with Crippen LogP contribution in [0.15, 0.2) is 29.2 Å². The zero-order valence-electron chi connectivity index (χ0n) is 9.93. The molecular weight excluding hydrogens is 234 g/mol. The minimum Gasteiger partial charge on any atom is -0.383 e. The molecule has 3 nitrogen and oxygen atoms in total. The first-order valence-electron chi connectivity index (χ1n) is 5.81. The molecule has 1 aliphatic carbocycles. The van der Waals surface area contributed by atoms with Gasteiger partial charge in [0.1, 0.15) is 0 Å². The highest BCUT2D eigenvalue weighted by atomic mass is 32.1. The van der Waals surface area contributed by atoms with Gasteiger partial charge in [0.25, 0.3) is 5.91 Å². The monoisotopic (exact) mass is 251 g/mol. The summed E-state index contributed by atoms with van der Waals surface area (Å²) >= 11 is 4.26. The van der Waals surface area contributed by atoms with Gasteiger partial charge < -0.3 is 9.64 Å². The number of carbonyl (C=O) groups is 1. The summed E-state index contributed by atoms with van der Waals surface area (Å²) in [5.74, 6) is 0.0838. The van der Waals surface area contributed by atoms with E-state index < -0.39 is 0 Å². The average molecular weight is 251 g/mol. The van der Waals surface area contributed by atoms with E-state index in [4.69, 9.17) is 4.74 Å². The largest absolute Gasteiger partial charge is 0.383 e. The molecule has 0 saturated heterocycles. The molecule has 92 valence electrons. The molecule has 2 rings (SSSR count). The molecule has 0 atom stereocenters. The van der Waals surface area contributed by atoms with Crippen molar-refractivity contribution in [3.8, 4) is 0 Å². The number of hydrogen-bond acceptors (Lipinski definition) is 3. The van der Waals surface area contributed by atoms with Crippen LogP contribution in [0.2, 0.25) is 0 Å². The molecule has 1 aromatic rings. The second kappa shape index (κ2) is 5.56. The molecule has 0 heterocycles. The number of rotatable bonds is 5. The number of thiol groups is 1. The van der Waals surface area contributed by atoms with Gasteiger partial charge in [-0.1, -0.05) is 6.07 Å². The van der Waals surface area contributed by atoms with Crippen LogP contribution in [0.3, 0.4) is 0 Å². The van der Waals surface area contributed by atoms with Gasteiger partial charge in [0.05, 0.1) is 6.61 Å². The third-order valence-electron chi connectivity index (χ3n) is 2.88. The van der Waals surface area contributed by atoms with Crippen LogP contribution in [0.1, 0.15) is 23.2 Å². The maximum atomic E-state index is 12.3. The summed E-state index contributed by atoms with van der Waals surface area (Å²) in [4.78, 5) is 15.0. The summed E-state index contributed by atoms with van der Waals surface area (Å²) < 4.78 is 5.05. The fourth-order valence-electron chi connectivity index (χ4n) is 1.83. The third-order valence-corrected chi connectivity index (χ3v) is 3.16. The van der Waals surface area contributed by atoms with E-state index in [1.165, 1.54) is 0 Å². The van der Waals surface area contributed by atoms with Gasteiger partial charge in [-0.3, -0.25) is 4.79 Å². The van der Waals surface area contributed by atoms with Crippen LogP contribution in [-0.2, 0) is 4.74 Å². The van der Waals surface area contributed by atoms with E-state index in [0.717, 1.165) is 17.7 Å². The van der Waals surface area contributed by atoms with Crippen LogP contribution in [0.25, 0.3) is 0 Å². The minimum atomic E-state index is 0.0838. The molecule has 0 N–H and O–H groups in total. The van der Waals surface area contributed by atoms with Gasteiger partial charge in [-0.05, 0) is 31.0 Å². The first kappa shape index (κ1) is 12.5. The number of ether oxygens (including phenoxy) is 1. The van der Waals surface area contributed by atoms with Crippen molar-refractivity contribution in [2.24, 2.45) is 0 Å². The van der Waals surface area contributed by atoms with Crippen molar-refractivity contribution in [1.82, 2.24) is 4.90 Å². The predicted molar refractivity (Wildman–Crippen MR) is 69.6 cm³/mol. The van der Waals surface area contributed by atoms with Crippen molar-refractivity contribution >= 4 is 18.5 Å². The Bertz CT molecular complexity index is 404. The lowest BCUT2D eigenvalue weighted by molar-refractivity contribution is 0.0680. The van der Waals surface area contributed by atoms with Crippen LogP contribution in [0.4, 0.5) is 0 Å². The van der Waals surface area contributed by atoms with Crippen molar-refractivity contribution in [2.45, 2.75) is 23.8 Å². The number of hydrogen-bond donors (Lipinski definition) is 1. The van der Waals surface area contributed by atoms with E-state index in [1.807, 2.05) is 29.2 Å². The van der Waals surface area contributed by atoms with Gasteiger partial charge in [0.15, 0.2) is 0 Å². The zero-order chi connectivity index (χ0) is 12.3. The quantitative estimate of drug-likeness (QED) is 0.813. The Labute approximate surface area is 107 Å². The highest BCUT2D eigenvalue weighted by molar-refractivity contribution is 7.80.